The Kier molecular flexibility index (Phi) is 4.02. The van der Waals surface area contributed by atoms with Gasteiger partial charge in [-0.2, -0.15) is 0 Å². The van der Waals surface area contributed by atoms with Crippen LogP contribution in [0.5, 0.6) is 11.8 Å². The van der Waals surface area contributed by atoms with E-state index < -0.39 is 6.17 Å². The van der Waals surface area contributed by atoms with Crippen LogP contribution in [0, 0.1) is 0 Å². The maximum Gasteiger partial charge on any atom is 0.321 e. The molecule has 0 aliphatic carbocycles. The second-order valence-electron chi connectivity index (χ2n) is 4.51. The lowest BCUT2D eigenvalue weighted by Gasteiger charge is -2.07. The Labute approximate surface area is 130 Å². The van der Waals surface area contributed by atoms with Crippen molar-refractivity contribution in [2.45, 2.75) is 13.1 Å². The van der Waals surface area contributed by atoms with Crippen molar-refractivity contribution in [3.8, 4) is 23.0 Å². The third-order valence-electron chi connectivity index (χ3n) is 2.88. The molecule has 5 nitrogen and oxygen atoms in total. The van der Waals surface area contributed by atoms with Gasteiger partial charge < -0.3 is 9.26 Å². The lowest BCUT2D eigenvalue weighted by molar-refractivity contribution is 0.274. The van der Waals surface area contributed by atoms with E-state index in [1.54, 1.807) is 18.2 Å². The van der Waals surface area contributed by atoms with E-state index in [1.165, 1.54) is 25.4 Å². The van der Waals surface area contributed by atoms with Crippen LogP contribution in [0.2, 0.25) is 5.02 Å². The Morgan fingerprint density at radius 1 is 1.23 bits per heavy atom. The quantitative estimate of drug-likeness (QED) is 0.703. The van der Waals surface area contributed by atoms with Gasteiger partial charge in [0.1, 0.15) is 11.4 Å². The number of ether oxygens (including phenoxy) is 1. The molecule has 3 aromatic rings. The molecule has 0 aliphatic rings. The van der Waals surface area contributed by atoms with E-state index in [9.17, 15) is 4.39 Å². The number of para-hydroxylation sites is 1. The van der Waals surface area contributed by atoms with Crippen molar-refractivity contribution in [1.82, 2.24) is 15.1 Å². The molecule has 112 valence electrons. The zero-order chi connectivity index (χ0) is 15.5. The van der Waals surface area contributed by atoms with Gasteiger partial charge in [-0.3, -0.25) is 0 Å². The molecule has 22 heavy (non-hydrogen) atoms. The first-order valence-electron chi connectivity index (χ1n) is 6.49. The number of aromatic nitrogens is 3. The standard InChI is InChI=1S/C15H11ClFN3O2/c1-9(17)14-6-12(20-22-14)11-4-2-3-5-13(11)21-15-18-7-10(16)8-19-15/h2-9H,1H3. The molecule has 2 heterocycles. The van der Waals surface area contributed by atoms with Crippen LogP contribution < -0.4 is 4.74 Å². The van der Waals surface area contributed by atoms with Crippen molar-refractivity contribution in [2.24, 2.45) is 0 Å². The lowest BCUT2D eigenvalue weighted by atomic mass is 10.1. The van der Waals surface area contributed by atoms with Crippen molar-refractivity contribution in [2.75, 3.05) is 0 Å². The van der Waals surface area contributed by atoms with Crippen LogP contribution >= 0.6 is 11.6 Å². The first-order valence-corrected chi connectivity index (χ1v) is 6.87. The van der Waals surface area contributed by atoms with Gasteiger partial charge in [-0.25, -0.2) is 14.4 Å². The first kappa shape index (κ1) is 14.5. The molecule has 3 rings (SSSR count). The van der Waals surface area contributed by atoms with Crippen molar-refractivity contribution in [1.29, 1.82) is 0 Å². The number of nitrogens with zero attached hydrogens (tertiary/aromatic N) is 3. The Morgan fingerprint density at radius 3 is 2.64 bits per heavy atom. The van der Waals surface area contributed by atoms with Crippen LogP contribution in [0.3, 0.4) is 0 Å². The fourth-order valence-electron chi connectivity index (χ4n) is 1.82. The number of rotatable bonds is 4. The number of hydrogen-bond acceptors (Lipinski definition) is 5. The fourth-order valence-corrected chi connectivity index (χ4v) is 1.92. The van der Waals surface area contributed by atoms with Crippen molar-refractivity contribution in [3.05, 3.63) is 53.5 Å². The van der Waals surface area contributed by atoms with E-state index in [0.717, 1.165) is 0 Å². The Morgan fingerprint density at radius 2 is 1.95 bits per heavy atom. The highest BCUT2D eigenvalue weighted by Gasteiger charge is 2.15. The molecule has 1 aromatic carbocycles. The molecule has 1 atom stereocenters. The van der Waals surface area contributed by atoms with Crippen LogP contribution in [-0.2, 0) is 0 Å². The van der Waals surface area contributed by atoms with Crippen molar-refractivity contribution in [3.63, 3.8) is 0 Å². The van der Waals surface area contributed by atoms with Gasteiger partial charge in [-0.05, 0) is 19.1 Å². The van der Waals surface area contributed by atoms with Gasteiger partial charge >= 0.3 is 6.01 Å². The minimum absolute atomic E-state index is 0.152. The summed E-state index contributed by atoms with van der Waals surface area (Å²) >= 11 is 5.74. The lowest BCUT2D eigenvalue weighted by Crippen LogP contribution is -1.93. The van der Waals surface area contributed by atoms with Crippen molar-refractivity contribution >= 4 is 11.6 Å². The average Bonchev–Trinajstić information content (AvgIpc) is 3.00. The molecule has 0 saturated heterocycles. The van der Waals surface area contributed by atoms with Gasteiger partial charge in [0.05, 0.1) is 17.4 Å². The van der Waals surface area contributed by atoms with Gasteiger partial charge in [0.15, 0.2) is 11.9 Å². The number of alkyl halides is 1. The minimum Gasteiger partial charge on any atom is -0.424 e. The summed E-state index contributed by atoms with van der Waals surface area (Å²) in [6.45, 7) is 1.38. The van der Waals surface area contributed by atoms with Gasteiger partial charge in [-0.15, -0.1) is 0 Å². The Bertz CT molecular complexity index is 774. The van der Waals surface area contributed by atoms with Crippen LogP contribution in [0.1, 0.15) is 18.9 Å². The monoisotopic (exact) mass is 319 g/mol. The normalized spacial score (nSPS) is 12.1. The van der Waals surface area contributed by atoms with Gasteiger partial charge in [0.2, 0.25) is 0 Å². The number of hydrogen-bond donors (Lipinski definition) is 0. The minimum atomic E-state index is -1.23. The summed E-state index contributed by atoms with van der Waals surface area (Å²) in [6.07, 6.45) is 1.64. The highest BCUT2D eigenvalue weighted by atomic mass is 35.5. The average molecular weight is 320 g/mol. The Balaban J connectivity index is 1.93. The summed E-state index contributed by atoms with van der Waals surface area (Å²) in [5.74, 6) is 0.642. The summed E-state index contributed by atoms with van der Waals surface area (Å²) in [4.78, 5) is 7.95. The molecular formula is C15H11ClFN3O2. The smallest absolute Gasteiger partial charge is 0.321 e. The molecule has 0 spiro atoms. The second kappa shape index (κ2) is 6.11. The van der Waals surface area contributed by atoms with Crippen molar-refractivity contribution < 1.29 is 13.7 Å². The van der Waals surface area contributed by atoms with Crippen LogP contribution in [0.4, 0.5) is 4.39 Å². The molecule has 7 heteroatoms. The van der Waals surface area contributed by atoms with E-state index >= 15 is 0 Å². The molecule has 2 aromatic heterocycles. The highest BCUT2D eigenvalue weighted by Crippen LogP contribution is 2.33. The molecule has 0 fully saturated rings. The molecule has 0 N–H and O–H groups in total. The second-order valence-corrected chi connectivity index (χ2v) is 4.95. The predicted molar refractivity (Wildman–Crippen MR) is 78.6 cm³/mol. The maximum absolute atomic E-state index is 13.3. The van der Waals surface area contributed by atoms with E-state index in [-0.39, 0.29) is 11.8 Å². The third kappa shape index (κ3) is 3.07. The van der Waals surface area contributed by atoms with E-state index in [0.29, 0.717) is 22.0 Å². The molecule has 0 amide bonds. The highest BCUT2D eigenvalue weighted by molar-refractivity contribution is 6.30. The van der Waals surface area contributed by atoms with E-state index in [2.05, 4.69) is 15.1 Å². The molecule has 1 unspecified atom stereocenters. The zero-order valence-electron chi connectivity index (χ0n) is 11.5. The zero-order valence-corrected chi connectivity index (χ0v) is 12.3. The van der Waals surface area contributed by atoms with Crippen LogP contribution in [0.25, 0.3) is 11.3 Å². The number of benzene rings is 1. The summed E-state index contributed by atoms with van der Waals surface area (Å²) in [5, 5.41) is 4.28. The van der Waals surface area contributed by atoms with Crippen LogP contribution in [-0.4, -0.2) is 15.1 Å². The SMILES string of the molecule is CC(F)c1cc(-c2ccccc2Oc2ncc(Cl)cn2)no1. The van der Waals surface area contributed by atoms with E-state index in [1.807, 2.05) is 6.07 Å². The largest absolute Gasteiger partial charge is 0.424 e. The summed E-state index contributed by atoms with van der Waals surface area (Å²) in [6, 6.07) is 8.83. The molecule has 0 saturated carbocycles. The van der Waals surface area contributed by atoms with Gasteiger partial charge in [-0.1, -0.05) is 28.9 Å². The maximum atomic E-state index is 13.3. The third-order valence-corrected chi connectivity index (χ3v) is 3.08. The first-order chi connectivity index (χ1) is 10.6. The molecule has 0 bridgehead atoms. The molecule has 0 aliphatic heterocycles. The van der Waals surface area contributed by atoms with Gasteiger partial charge in [0.25, 0.3) is 0 Å². The number of halogens is 2. The summed E-state index contributed by atoms with van der Waals surface area (Å²) < 4.78 is 23.9. The predicted octanol–water partition coefficient (Wildman–Crippen LogP) is 4.61. The van der Waals surface area contributed by atoms with E-state index in [4.69, 9.17) is 20.9 Å². The summed E-state index contributed by atoms with van der Waals surface area (Å²) in [7, 11) is 0. The molecule has 0 radical (unpaired) electrons. The van der Waals surface area contributed by atoms with Gasteiger partial charge in [0, 0.05) is 11.6 Å². The van der Waals surface area contributed by atoms with Crippen LogP contribution in [0.15, 0.2) is 47.2 Å². The topological polar surface area (TPSA) is 61.0 Å². The fraction of sp³-hybridized carbons (Fsp3) is 0.133. The summed E-state index contributed by atoms with van der Waals surface area (Å²) in [5.41, 5.74) is 1.13. The Hall–Kier alpha value is -2.47. The molecular weight excluding hydrogens is 309 g/mol.